The maximum Gasteiger partial charge on any atom is 0.240 e. The molecule has 1 rings (SSSR count). The van der Waals surface area contributed by atoms with Crippen molar-refractivity contribution in [3.8, 4) is 0 Å². The van der Waals surface area contributed by atoms with Crippen LogP contribution in [-0.2, 0) is 10.0 Å². The molecule has 0 spiro atoms. The Bertz CT molecular complexity index is 639. The molecule has 0 aliphatic heterocycles. The Kier molecular flexibility index (Phi) is 11.0. The highest BCUT2D eigenvalue weighted by molar-refractivity contribution is 7.98. The Balaban J connectivity index is 2.41. The molecule has 0 aromatic heterocycles. The lowest BCUT2D eigenvalue weighted by molar-refractivity contribution is 0.580. The van der Waals surface area contributed by atoms with Gasteiger partial charge >= 0.3 is 0 Å². The van der Waals surface area contributed by atoms with Crippen LogP contribution in [0.3, 0.4) is 0 Å². The first-order valence-electron chi connectivity index (χ1n) is 8.26. The molecule has 0 aliphatic rings. The number of guanidine groups is 1. The summed E-state index contributed by atoms with van der Waals surface area (Å²) in [5.41, 5.74) is 0. The first-order valence-corrected chi connectivity index (χ1v) is 11.5. The van der Waals surface area contributed by atoms with Gasteiger partial charge in [0.2, 0.25) is 10.0 Å². The van der Waals surface area contributed by atoms with E-state index in [1.54, 1.807) is 12.1 Å². The summed E-state index contributed by atoms with van der Waals surface area (Å²) in [5.74, 6) is 1.85. The summed E-state index contributed by atoms with van der Waals surface area (Å²) < 4.78 is 26.9. The highest BCUT2D eigenvalue weighted by atomic mass is 35.5. The third-order valence-corrected chi connectivity index (χ3v) is 5.58. The molecule has 0 atom stereocenters. The third-order valence-electron chi connectivity index (χ3n) is 3.19. The Morgan fingerprint density at radius 3 is 2.72 bits per heavy atom. The number of halogens is 1. The van der Waals surface area contributed by atoms with Crippen molar-refractivity contribution in [1.29, 1.82) is 0 Å². The van der Waals surface area contributed by atoms with Crippen LogP contribution in [0, 0.1) is 0 Å². The van der Waals surface area contributed by atoms with E-state index in [0.717, 1.165) is 31.7 Å². The number of nitrogens with zero attached hydrogens (tertiary/aromatic N) is 1. The zero-order valence-electron chi connectivity index (χ0n) is 14.7. The number of rotatable bonds is 11. The average Bonchev–Trinajstić information content (AvgIpc) is 2.58. The minimum absolute atomic E-state index is 0.161. The molecule has 3 N–H and O–H groups in total. The van der Waals surface area contributed by atoms with E-state index in [2.05, 4.69) is 26.6 Å². The molecule has 0 bridgehead atoms. The number of aliphatic imine (C=N–C) groups is 1. The number of hydrogen-bond acceptors (Lipinski definition) is 4. The molecule has 1 aromatic carbocycles. The predicted molar refractivity (Wildman–Crippen MR) is 108 cm³/mol. The van der Waals surface area contributed by atoms with Crippen LogP contribution in [0.5, 0.6) is 0 Å². The van der Waals surface area contributed by atoms with Crippen LogP contribution >= 0.6 is 23.4 Å². The number of sulfonamides is 1. The molecule has 1 aromatic rings. The average molecular weight is 407 g/mol. The molecule has 0 heterocycles. The van der Waals surface area contributed by atoms with Gasteiger partial charge in [-0.15, -0.1) is 0 Å². The van der Waals surface area contributed by atoms with Crippen molar-refractivity contribution in [2.75, 3.05) is 38.2 Å². The van der Waals surface area contributed by atoms with Gasteiger partial charge in [0.1, 0.15) is 0 Å². The Morgan fingerprint density at radius 1 is 1.24 bits per heavy atom. The zero-order valence-corrected chi connectivity index (χ0v) is 17.1. The van der Waals surface area contributed by atoms with Crippen molar-refractivity contribution in [2.24, 2.45) is 4.99 Å². The standard InChI is InChI=1S/C16H27ClN4O2S2/c1-3-18-16(19-9-4-5-12-24-2)20-10-11-21-25(22,23)15-8-6-7-14(17)13-15/h6-8,13,21H,3-5,9-12H2,1-2H3,(H2,18,19,20). The van der Waals surface area contributed by atoms with Gasteiger partial charge < -0.3 is 10.6 Å². The van der Waals surface area contributed by atoms with Crippen molar-refractivity contribution in [1.82, 2.24) is 15.4 Å². The number of nitrogens with one attached hydrogen (secondary N) is 3. The summed E-state index contributed by atoms with van der Waals surface area (Å²) >= 11 is 7.67. The van der Waals surface area contributed by atoms with Gasteiger partial charge in [-0.25, -0.2) is 13.1 Å². The lowest BCUT2D eigenvalue weighted by atomic mass is 10.3. The first-order chi connectivity index (χ1) is 12.0. The first kappa shape index (κ1) is 22.1. The second kappa shape index (κ2) is 12.4. The van der Waals surface area contributed by atoms with E-state index in [-0.39, 0.29) is 11.4 Å². The van der Waals surface area contributed by atoms with Crippen LogP contribution in [0.2, 0.25) is 5.02 Å². The van der Waals surface area contributed by atoms with Crippen LogP contribution in [0.25, 0.3) is 0 Å². The molecule has 0 aliphatic carbocycles. The highest BCUT2D eigenvalue weighted by Crippen LogP contribution is 2.14. The Hall–Kier alpha value is -0.960. The zero-order chi connectivity index (χ0) is 18.5. The molecule has 0 amide bonds. The fourth-order valence-corrected chi connectivity index (χ4v) is 3.80. The second-order valence-electron chi connectivity index (χ2n) is 5.24. The molecule has 0 unspecified atom stereocenters. The maximum absolute atomic E-state index is 12.2. The van der Waals surface area contributed by atoms with E-state index in [1.165, 1.54) is 12.1 Å². The second-order valence-corrected chi connectivity index (χ2v) is 8.43. The minimum Gasteiger partial charge on any atom is -0.357 e. The largest absolute Gasteiger partial charge is 0.357 e. The summed E-state index contributed by atoms with van der Waals surface area (Å²) in [6, 6.07) is 6.20. The molecule has 0 saturated carbocycles. The van der Waals surface area contributed by atoms with Gasteiger partial charge in [-0.05, 0) is 50.0 Å². The van der Waals surface area contributed by atoms with Crippen molar-refractivity contribution < 1.29 is 8.42 Å². The number of hydrogen-bond donors (Lipinski definition) is 3. The molecule has 0 radical (unpaired) electrons. The highest BCUT2D eigenvalue weighted by Gasteiger charge is 2.13. The summed E-state index contributed by atoms with van der Waals surface area (Å²) in [5, 5.41) is 6.67. The van der Waals surface area contributed by atoms with Crippen molar-refractivity contribution in [3.05, 3.63) is 29.3 Å². The Labute approximate surface area is 160 Å². The summed E-state index contributed by atoms with van der Waals surface area (Å²) in [6.07, 6.45) is 4.28. The van der Waals surface area contributed by atoms with E-state index >= 15 is 0 Å². The normalized spacial score (nSPS) is 12.2. The fraction of sp³-hybridized carbons (Fsp3) is 0.562. The van der Waals surface area contributed by atoms with E-state index in [9.17, 15) is 8.42 Å². The molecule has 6 nitrogen and oxygen atoms in total. The van der Waals surface area contributed by atoms with Crippen LogP contribution in [-0.4, -0.2) is 52.6 Å². The van der Waals surface area contributed by atoms with Crippen molar-refractivity contribution >= 4 is 39.3 Å². The topological polar surface area (TPSA) is 82.6 Å². The predicted octanol–water partition coefficient (Wildman–Crippen LogP) is 2.32. The lowest BCUT2D eigenvalue weighted by Gasteiger charge is -2.12. The molecule has 25 heavy (non-hydrogen) atoms. The molecule has 9 heteroatoms. The van der Waals surface area contributed by atoms with Gasteiger partial charge in [0, 0.05) is 31.2 Å². The molecule has 0 fully saturated rings. The van der Waals surface area contributed by atoms with Gasteiger partial charge in [-0.3, -0.25) is 4.99 Å². The van der Waals surface area contributed by atoms with Gasteiger partial charge in [0.15, 0.2) is 5.96 Å². The van der Waals surface area contributed by atoms with Crippen LogP contribution in [0.1, 0.15) is 19.8 Å². The maximum atomic E-state index is 12.2. The summed E-state index contributed by atoms with van der Waals surface area (Å²) in [6.45, 7) is 4.20. The molecule has 142 valence electrons. The van der Waals surface area contributed by atoms with Crippen LogP contribution < -0.4 is 15.4 Å². The third kappa shape index (κ3) is 9.34. The van der Waals surface area contributed by atoms with E-state index in [1.807, 2.05) is 18.7 Å². The van der Waals surface area contributed by atoms with E-state index in [0.29, 0.717) is 17.5 Å². The van der Waals surface area contributed by atoms with Gasteiger partial charge in [0.25, 0.3) is 0 Å². The molecule has 0 saturated heterocycles. The van der Waals surface area contributed by atoms with Crippen molar-refractivity contribution in [3.63, 3.8) is 0 Å². The monoisotopic (exact) mass is 406 g/mol. The van der Waals surface area contributed by atoms with E-state index in [4.69, 9.17) is 11.6 Å². The Morgan fingerprint density at radius 2 is 2.04 bits per heavy atom. The van der Waals surface area contributed by atoms with Crippen LogP contribution in [0.4, 0.5) is 0 Å². The number of benzene rings is 1. The number of thioether (sulfide) groups is 1. The van der Waals surface area contributed by atoms with Gasteiger partial charge in [-0.2, -0.15) is 11.8 Å². The lowest BCUT2D eigenvalue weighted by Crippen LogP contribution is -2.41. The summed E-state index contributed by atoms with van der Waals surface area (Å²) in [7, 11) is -3.56. The smallest absolute Gasteiger partial charge is 0.240 e. The minimum atomic E-state index is -3.56. The fourth-order valence-electron chi connectivity index (χ4n) is 1.97. The van der Waals surface area contributed by atoms with Gasteiger partial charge in [0.05, 0.1) is 4.90 Å². The summed E-state index contributed by atoms with van der Waals surface area (Å²) in [4.78, 5) is 4.64. The molecular formula is C16H27ClN4O2S2. The SMILES string of the molecule is CCNC(=NCCCCSC)NCCNS(=O)(=O)c1cccc(Cl)c1. The van der Waals surface area contributed by atoms with E-state index < -0.39 is 10.0 Å². The quantitative estimate of drug-likeness (QED) is 0.298. The molecular weight excluding hydrogens is 380 g/mol. The number of unbranched alkanes of at least 4 members (excludes halogenated alkanes) is 1. The van der Waals surface area contributed by atoms with Gasteiger partial charge in [-0.1, -0.05) is 17.7 Å². The van der Waals surface area contributed by atoms with Crippen molar-refractivity contribution in [2.45, 2.75) is 24.7 Å². The van der Waals surface area contributed by atoms with Crippen LogP contribution in [0.15, 0.2) is 34.2 Å².